The van der Waals surface area contributed by atoms with Crippen LogP contribution in [0.3, 0.4) is 0 Å². The second-order valence-electron chi connectivity index (χ2n) is 6.62. The van der Waals surface area contributed by atoms with Crippen molar-refractivity contribution in [3.05, 3.63) is 23.3 Å². The van der Waals surface area contributed by atoms with E-state index in [-0.39, 0.29) is 5.91 Å². The third-order valence-electron chi connectivity index (χ3n) is 3.90. The number of carbonyl (C=O) groups is 1. The molecule has 0 fully saturated rings. The predicted molar refractivity (Wildman–Crippen MR) is 95.2 cm³/mol. The van der Waals surface area contributed by atoms with Gasteiger partial charge in [-0.1, -0.05) is 20.8 Å². The molecule has 0 heterocycles. The molecule has 1 aromatic rings. The van der Waals surface area contributed by atoms with Crippen LogP contribution in [-0.2, 0) is 9.53 Å². The molecule has 0 aromatic heterocycles. The van der Waals surface area contributed by atoms with Crippen LogP contribution in [0.15, 0.2) is 12.1 Å². The highest BCUT2D eigenvalue weighted by atomic mass is 16.5. The summed E-state index contributed by atoms with van der Waals surface area (Å²) >= 11 is 0. The van der Waals surface area contributed by atoms with E-state index in [0.717, 1.165) is 22.6 Å². The SMILES string of the molecule is CCO[C@@](C)(CC)C(=O)Nc1cc(C)c(OCC(C)C)c(C)c1. The average Bonchev–Trinajstić information content (AvgIpc) is 2.46. The lowest BCUT2D eigenvalue weighted by Crippen LogP contribution is -2.42. The van der Waals surface area contributed by atoms with E-state index in [9.17, 15) is 4.79 Å². The summed E-state index contributed by atoms with van der Waals surface area (Å²) < 4.78 is 11.5. The summed E-state index contributed by atoms with van der Waals surface area (Å²) in [5.74, 6) is 1.26. The van der Waals surface area contributed by atoms with Crippen molar-refractivity contribution in [2.75, 3.05) is 18.5 Å². The molecular weight excluding hydrogens is 290 g/mol. The van der Waals surface area contributed by atoms with Crippen molar-refractivity contribution in [1.29, 1.82) is 0 Å². The van der Waals surface area contributed by atoms with Crippen molar-refractivity contribution in [3.63, 3.8) is 0 Å². The number of nitrogens with one attached hydrogen (secondary N) is 1. The Morgan fingerprint density at radius 2 is 1.78 bits per heavy atom. The van der Waals surface area contributed by atoms with E-state index in [2.05, 4.69) is 19.2 Å². The molecule has 0 unspecified atom stereocenters. The average molecular weight is 321 g/mol. The van der Waals surface area contributed by atoms with Crippen LogP contribution in [-0.4, -0.2) is 24.7 Å². The molecular formula is C19H31NO3. The smallest absolute Gasteiger partial charge is 0.256 e. The van der Waals surface area contributed by atoms with Gasteiger partial charge in [0.25, 0.3) is 5.91 Å². The molecule has 1 aromatic carbocycles. The van der Waals surface area contributed by atoms with Gasteiger partial charge < -0.3 is 14.8 Å². The maximum Gasteiger partial charge on any atom is 0.256 e. The standard InChI is InChI=1S/C19H31NO3/c1-8-19(7,23-9-2)18(21)20-16-10-14(5)17(15(6)11-16)22-12-13(3)4/h10-11,13H,8-9,12H2,1-7H3,(H,20,21)/t19-/m0/s1. The number of hydrogen-bond donors (Lipinski definition) is 1. The zero-order chi connectivity index (χ0) is 17.6. The van der Waals surface area contributed by atoms with E-state index in [1.54, 1.807) is 0 Å². The van der Waals surface area contributed by atoms with E-state index >= 15 is 0 Å². The predicted octanol–water partition coefficient (Wildman–Crippen LogP) is 4.48. The van der Waals surface area contributed by atoms with Gasteiger partial charge in [0.2, 0.25) is 0 Å². The van der Waals surface area contributed by atoms with Crippen LogP contribution in [0.4, 0.5) is 5.69 Å². The molecule has 1 atom stereocenters. The minimum Gasteiger partial charge on any atom is -0.493 e. The second kappa shape index (κ2) is 8.34. The number of amides is 1. The van der Waals surface area contributed by atoms with E-state index < -0.39 is 5.60 Å². The third-order valence-corrected chi connectivity index (χ3v) is 3.90. The molecule has 0 saturated carbocycles. The number of aryl methyl sites for hydroxylation is 2. The van der Waals surface area contributed by atoms with Crippen molar-refractivity contribution in [3.8, 4) is 5.75 Å². The minimum absolute atomic E-state index is 0.114. The molecule has 0 radical (unpaired) electrons. The van der Waals surface area contributed by atoms with Gasteiger partial charge in [0.05, 0.1) is 6.61 Å². The number of hydrogen-bond acceptors (Lipinski definition) is 3. The van der Waals surface area contributed by atoms with Gasteiger partial charge in [-0.2, -0.15) is 0 Å². The molecule has 1 rings (SSSR count). The highest BCUT2D eigenvalue weighted by molar-refractivity contribution is 5.97. The van der Waals surface area contributed by atoms with Crippen LogP contribution in [0.5, 0.6) is 5.75 Å². The quantitative estimate of drug-likeness (QED) is 0.768. The summed E-state index contributed by atoms with van der Waals surface area (Å²) in [6.45, 7) is 15.1. The molecule has 0 aliphatic rings. The number of rotatable bonds is 8. The van der Waals surface area contributed by atoms with Crippen molar-refractivity contribution in [2.24, 2.45) is 5.92 Å². The Morgan fingerprint density at radius 1 is 1.22 bits per heavy atom. The molecule has 4 nitrogen and oxygen atoms in total. The van der Waals surface area contributed by atoms with Crippen molar-refractivity contribution >= 4 is 11.6 Å². The summed E-state index contributed by atoms with van der Waals surface area (Å²) in [6.07, 6.45) is 0.625. The zero-order valence-electron chi connectivity index (χ0n) is 15.6. The van der Waals surface area contributed by atoms with E-state index in [1.807, 2.05) is 46.8 Å². The molecule has 4 heteroatoms. The first-order valence-corrected chi connectivity index (χ1v) is 8.43. The Hall–Kier alpha value is -1.55. The lowest BCUT2D eigenvalue weighted by molar-refractivity contribution is -0.139. The highest BCUT2D eigenvalue weighted by Gasteiger charge is 2.32. The topological polar surface area (TPSA) is 47.6 Å². The van der Waals surface area contributed by atoms with Crippen LogP contribution in [0.1, 0.15) is 52.2 Å². The summed E-state index contributed by atoms with van der Waals surface area (Å²) in [5, 5.41) is 2.97. The van der Waals surface area contributed by atoms with Gasteiger partial charge in [0, 0.05) is 12.3 Å². The molecule has 0 spiro atoms. The van der Waals surface area contributed by atoms with E-state index in [0.29, 0.717) is 25.6 Å². The fourth-order valence-electron chi connectivity index (χ4n) is 2.41. The minimum atomic E-state index is -0.802. The maximum absolute atomic E-state index is 12.5. The lowest BCUT2D eigenvalue weighted by Gasteiger charge is -2.27. The highest BCUT2D eigenvalue weighted by Crippen LogP contribution is 2.28. The van der Waals surface area contributed by atoms with E-state index in [1.165, 1.54) is 0 Å². The molecule has 23 heavy (non-hydrogen) atoms. The van der Waals surface area contributed by atoms with Gasteiger partial charge in [-0.3, -0.25) is 4.79 Å². The normalized spacial score (nSPS) is 13.7. The van der Waals surface area contributed by atoms with Gasteiger partial charge in [-0.05, 0) is 63.3 Å². The van der Waals surface area contributed by atoms with Crippen LogP contribution in [0, 0.1) is 19.8 Å². The number of carbonyl (C=O) groups excluding carboxylic acids is 1. The van der Waals surface area contributed by atoms with Gasteiger partial charge in [0.1, 0.15) is 11.4 Å². The van der Waals surface area contributed by atoms with Crippen LogP contribution in [0.2, 0.25) is 0 Å². The number of anilines is 1. The summed E-state index contributed by atoms with van der Waals surface area (Å²) in [7, 11) is 0. The molecule has 0 aliphatic carbocycles. The van der Waals surface area contributed by atoms with Crippen LogP contribution < -0.4 is 10.1 Å². The van der Waals surface area contributed by atoms with Gasteiger partial charge in [-0.25, -0.2) is 0 Å². The van der Waals surface area contributed by atoms with E-state index in [4.69, 9.17) is 9.47 Å². The van der Waals surface area contributed by atoms with Crippen LogP contribution >= 0.6 is 0 Å². The Labute approximate surface area is 140 Å². The zero-order valence-corrected chi connectivity index (χ0v) is 15.6. The number of benzene rings is 1. The Morgan fingerprint density at radius 3 is 2.22 bits per heavy atom. The molecule has 1 N–H and O–H groups in total. The monoisotopic (exact) mass is 321 g/mol. The third kappa shape index (κ3) is 5.24. The lowest BCUT2D eigenvalue weighted by atomic mass is 10.0. The van der Waals surface area contributed by atoms with Crippen molar-refractivity contribution in [1.82, 2.24) is 0 Å². The summed E-state index contributed by atoms with van der Waals surface area (Å²) in [4.78, 5) is 12.5. The maximum atomic E-state index is 12.5. The first kappa shape index (κ1) is 19.5. The molecule has 0 bridgehead atoms. The number of ether oxygens (including phenoxy) is 2. The molecule has 0 saturated heterocycles. The Balaban J connectivity index is 2.92. The van der Waals surface area contributed by atoms with Crippen molar-refractivity contribution < 1.29 is 14.3 Å². The molecule has 1 amide bonds. The van der Waals surface area contributed by atoms with Crippen LogP contribution in [0.25, 0.3) is 0 Å². The van der Waals surface area contributed by atoms with Crippen molar-refractivity contribution in [2.45, 2.75) is 60.5 Å². The largest absolute Gasteiger partial charge is 0.493 e. The van der Waals surface area contributed by atoms with Gasteiger partial charge >= 0.3 is 0 Å². The Bertz CT molecular complexity index is 516. The summed E-state index contributed by atoms with van der Waals surface area (Å²) in [6, 6.07) is 3.89. The van der Waals surface area contributed by atoms with Gasteiger partial charge in [-0.15, -0.1) is 0 Å². The molecule has 130 valence electrons. The first-order chi connectivity index (χ1) is 10.7. The summed E-state index contributed by atoms with van der Waals surface area (Å²) in [5.41, 5.74) is 2.02. The molecule has 0 aliphatic heterocycles. The Kier molecular flexibility index (Phi) is 7.07. The van der Waals surface area contributed by atoms with Gasteiger partial charge in [0.15, 0.2) is 0 Å². The fourth-order valence-corrected chi connectivity index (χ4v) is 2.41. The fraction of sp³-hybridized carbons (Fsp3) is 0.632. The second-order valence-corrected chi connectivity index (χ2v) is 6.62. The first-order valence-electron chi connectivity index (χ1n) is 8.43.